The van der Waals surface area contributed by atoms with E-state index in [1.807, 2.05) is 0 Å². The third-order valence-electron chi connectivity index (χ3n) is 11.1. The van der Waals surface area contributed by atoms with E-state index in [-0.39, 0.29) is 22.7 Å². The predicted molar refractivity (Wildman–Crippen MR) is 233 cm³/mol. The summed E-state index contributed by atoms with van der Waals surface area (Å²) in [4.78, 5) is 25.2. The molecule has 0 aliphatic heterocycles. The summed E-state index contributed by atoms with van der Waals surface area (Å²) in [7, 11) is -5.58. The molecule has 0 saturated heterocycles. The molecule has 4 aromatic carbocycles. The maximum Gasteiger partial charge on any atom is 0.344 e. The Hall–Kier alpha value is -5.35. The molecule has 2 aromatic heterocycles. The number of rotatable bonds is 22. The van der Waals surface area contributed by atoms with E-state index in [0.29, 0.717) is 33.0 Å². The first-order valence-electron chi connectivity index (χ1n) is 20.4. The molecule has 2 unspecified atom stereocenters. The van der Waals surface area contributed by atoms with Crippen LogP contribution in [-0.2, 0) is 13.0 Å². The summed E-state index contributed by atoms with van der Waals surface area (Å²) in [6.45, 7) is 0.850. The van der Waals surface area contributed by atoms with E-state index in [1.165, 1.54) is 49.5 Å². The summed E-state index contributed by atoms with van der Waals surface area (Å²) in [5.41, 5.74) is 0.751. The van der Waals surface area contributed by atoms with Gasteiger partial charge in [-0.2, -0.15) is 35.1 Å². The van der Waals surface area contributed by atoms with E-state index in [0.717, 1.165) is 14.2 Å². The highest BCUT2D eigenvalue weighted by Gasteiger charge is 2.58. The van der Waals surface area contributed by atoms with Crippen molar-refractivity contribution in [2.45, 2.75) is 74.6 Å². The number of fused-ring (bicyclic) bond motifs is 2. The summed E-state index contributed by atoms with van der Waals surface area (Å²) in [5, 5.41) is 1.02. The van der Waals surface area contributed by atoms with Gasteiger partial charge in [0.2, 0.25) is 0 Å². The minimum atomic E-state index is -4.61. The van der Waals surface area contributed by atoms with E-state index < -0.39 is 103 Å². The highest BCUT2D eigenvalue weighted by Crippen LogP contribution is 2.44. The van der Waals surface area contributed by atoms with Crippen LogP contribution in [0.2, 0.25) is 25.2 Å². The van der Waals surface area contributed by atoms with Crippen LogP contribution in [-0.4, -0.2) is 68.2 Å². The minimum absolute atomic E-state index is 0.00284. The molecule has 0 aliphatic carbocycles. The van der Waals surface area contributed by atoms with Crippen molar-refractivity contribution in [3.63, 3.8) is 0 Å². The monoisotopic (exact) mass is 950 g/mol. The third-order valence-corrected chi connectivity index (χ3v) is 18.6. The number of halogens is 8. The summed E-state index contributed by atoms with van der Waals surface area (Å²) in [6.07, 6.45) is -5.67. The zero-order valence-corrected chi connectivity index (χ0v) is 37.7. The quantitative estimate of drug-likeness (QED) is 0.0373. The molecule has 9 nitrogen and oxygen atoms in total. The number of alkyl halides is 8. The van der Waals surface area contributed by atoms with Crippen LogP contribution in [0.1, 0.15) is 25.7 Å². The lowest BCUT2D eigenvalue weighted by molar-refractivity contribution is -0.215. The Labute approximate surface area is 370 Å². The van der Waals surface area contributed by atoms with Gasteiger partial charge in [-0.25, -0.2) is 9.59 Å². The van der Waals surface area contributed by atoms with E-state index >= 15 is 35.1 Å². The van der Waals surface area contributed by atoms with Gasteiger partial charge in [0.1, 0.15) is 22.7 Å². The molecular weight excluding hydrogens is 905 g/mol. The van der Waals surface area contributed by atoms with Crippen LogP contribution in [0.5, 0.6) is 11.5 Å². The van der Waals surface area contributed by atoms with Crippen LogP contribution in [0, 0.1) is 0 Å². The van der Waals surface area contributed by atoms with Crippen molar-refractivity contribution < 1.29 is 66.4 Å². The molecule has 19 heteroatoms. The fourth-order valence-electron chi connectivity index (χ4n) is 6.94. The lowest BCUT2D eigenvalue weighted by Crippen LogP contribution is -2.53. The van der Waals surface area contributed by atoms with Gasteiger partial charge in [-0.05, 0) is 72.7 Å². The highest BCUT2D eigenvalue weighted by atomic mass is 28.5. The van der Waals surface area contributed by atoms with Gasteiger partial charge in [0.25, 0.3) is 0 Å². The predicted octanol–water partition coefficient (Wildman–Crippen LogP) is 12.2. The number of hydrogen-bond donors (Lipinski definition) is 0. The van der Waals surface area contributed by atoms with Gasteiger partial charge >= 0.3 is 52.1 Å². The van der Waals surface area contributed by atoms with Crippen LogP contribution in [0.3, 0.4) is 0 Å². The standard InChI is InChI=1S/C46H46F8O9Si2/c1-57-64(3,25-21-45(51,52)43(47,48)19-23-59-35-17-15-33-27-37(31-11-7-5-8-12-31)41(55)61-39(33)29-35)63-65(4,58-2)26-22-46(53,54)44(49,50)20-24-60-36-18-16-34-28-38(32-13-9-6-10-14-32)42(56)62-40(34)30-36/h5-18,27-30H,19-26H2,1-4H3. The summed E-state index contributed by atoms with van der Waals surface area (Å²) in [6, 6.07) is 27.7. The molecule has 348 valence electrons. The fourth-order valence-corrected chi connectivity index (χ4v) is 14.0. The maximum atomic E-state index is 15.2. The molecule has 65 heavy (non-hydrogen) atoms. The molecule has 0 bridgehead atoms. The zero-order valence-electron chi connectivity index (χ0n) is 35.7. The van der Waals surface area contributed by atoms with Gasteiger partial charge in [0, 0.05) is 50.0 Å². The van der Waals surface area contributed by atoms with Gasteiger partial charge in [-0.3, -0.25) is 0 Å². The SMILES string of the molecule is CO[Si](C)(CCC(F)(F)C(F)(F)CCOc1ccc2cc(-c3ccccc3)c(=O)oc2c1)O[Si](C)(CCC(F)(F)C(F)(F)CCOc1ccc2cc(-c3ccccc3)c(=O)oc2c1)OC. The Morgan fingerprint density at radius 2 is 0.846 bits per heavy atom. The van der Waals surface area contributed by atoms with Crippen LogP contribution in [0.25, 0.3) is 44.2 Å². The lowest BCUT2D eigenvalue weighted by Gasteiger charge is -2.37. The Bertz CT molecular complexity index is 2500. The van der Waals surface area contributed by atoms with Crippen molar-refractivity contribution in [1.82, 2.24) is 0 Å². The number of ether oxygens (including phenoxy) is 2. The van der Waals surface area contributed by atoms with Gasteiger partial charge in [-0.15, -0.1) is 0 Å². The topological polar surface area (TPSA) is 107 Å². The Morgan fingerprint density at radius 3 is 1.20 bits per heavy atom. The molecule has 0 amide bonds. The van der Waals surface area contributed by atoms with Crippen molar-refractivity contribution in [3.8, 4) is 33.8 Å². The first kappa shape index (κ1) is 49.1. The van der Waals surface area contributed by atoms with Crippen LogP contribution in [0.15, 0.2) is 128 Å². The van der Waals surface area contributed by atoms with Crippen LogP contribution in [0.4, 0.5) is 35.1 Å². The van der Waals surface area contributed by atoms with E-state index in [4.69, 9.17) is 31.3 Å². The molecule has 0 spiro atoms. The van der Waals surface area contributed by atoms with Crippen molar-refractivity contribution in [1.29, 1.82) is 0 Å². The lowest BCUT2D eigenvalue weighted by atomic mass is 10.1. The molecule has 0 radical (unpaired) electrons. The summed E-state index contributed by atoms with van der Waals surface area (Å²) < 4.78 is 159. The largest absolute Gasteiger partial charge is 0.493 e. The van der Waals surface area contributed by atoms with Gasteiger partial charge in [0.05, 0.1) is 37.2 Å². The molecule has 0 fully saturated rings. The van der Waals surface area contributed by atoms with E-state index in [2.05, 4.69) is 0 Å². The van der Waals surface area contributed by atoms with Crippen molar-refractivity contribution >= 4 is 39.1 Å². The molecule has 2 heterocycles. The van der Waals surface area contributed by atoms with E-state index in [9.17, 15) is 9.59 Å². The first-order valence-corrected chi connectivity index (χ1v) is 25.5. The Morgan fingerprint density at radius 1 is 0.492 bits per heavy atom. The van der Waals surface area contributed by atoms with Gasteiger partial charge < -0.3 is 31.3 Å². The molecule has 6 rings (SSSR count). The highest BCUT2D eigenvalue weighted by molar-refractivity contribution is 6.80. The van der Waals surface area contributed by atoms with Crippen molar-refractivity contribution in [2.75, 3.05) is 27.4 Å². The molecule has 0 N–H and O–H groups in total. The fraction of sp³-hybridized carbons (Fsp3) is 0.348. The Kier molecular flexibility index (Phi) is 14.8. The second-order valence-corrected chi connectivity index (χ2v) is 23.0. The Balaban J connectivity index is 0.994. The number of hydrogen-bond acceptors (Lipinski definition) is 9. The number of benzene rings is 4. The normalized spacial score (nSPS) is 14.6. The summed E-state index contributed by atoms with van der Waals surface area (Å²) in [5.74, 6) is -18.4. The third kappa shape index (κ3) is 11.7. The summed E-state index contributed by atoms with van der Waals surface area (Å²) >= 11 is 0. The van der Waals surface area contributed by atoms with Crippen molar-refractivity contribution in [3.05, 3.63) is 130 Å². The maximum absolute atomic E-state index is 15.2. The van der Waals surface area contributed by atoms with Crippen molar-refractivity contribution in [2.24, 2.45) is 0 Å². The first-order chi connectivity index (χ1) is 30.6. The molecule has 6 aromatic rings. The van der Waals surface area contributed by atoms with Gasteiger partial charge in [0.15, 0.2) is 0 Å². The molecule has 0 aliphatic rings. The minimum Gasteiger partial charge on any atom is -0.493 e. The molecule has 2 atom stereocenters. The van der Waals surface area contributed by atoms with Crippen LogP contribution >= 0.6 is 0 Å². The van der Waals surface area contributed by atoms with Crippen LogP contribution < -0.4 is 20.7 Å². The zero-order chi connectivity index (χ0) is 47.3. The molecule has 0 saturated carbocycles. The average Bonchev–Trinajstić information content (AvgIpc) is 3.27. The second-order valence-electron chi connectivity index (χ2n) is 15.8. The molecular formula is C46H46F8O9Si2. The van der Waals surface area contributed by atoms with Gasteiger partial charge in [-0.1, -0.05) is 60.7 Å². The van der Waals surface area contributed by atoms with E-state index in [1.54, 1.807) is 72.8 Å². The second kappa shape index (κ2) is 19.6. The smallest absolute Gasteiger partial charge is 0.344 e. The average molecular weight is 951 g/mol.